The lowest BCUT2D eigenvalue weighted by molar-refractivity contribution is 0.765. The van der Waals surface area contributed by atoms with Gasteiger partial charge in [-0.05, 0) is 30.9 Å². The van der Waals surface area contributed by atoms with E-state index in [1.807, 2.05) is 6.92 Å². The molecule has 86 valence electrons. The molecule has 0 amide bonds. The molecule has 3 rings (SSSR count). The number of fused-ring (bicyclic) bond motifs is 1. The highest BCUT2D eigenvalue weighted by Gasteiger charge is 2.21. The molecule has 1 aliphatic carbocycles. The Morgan fingerprint density at radius 1 is 1.06 bits per heavy atom. The summed E-state index contributed by atoms with van der Waals surface area (Å²) in [5, 5.41) is 3.48. The van der Waals surface area contributed by atoms with E-state index in [1.165, 1.54) is 11.1 Å². The first-order chi connectivity index (χ1) is 8.33. The van der Waals surface area contributed by atoms with Crippen molar-refractivity contribution in [2.45, 2.75) is 25.8 Å². The van der Waals surface area contributed by atoms with Gasteiger partial charge < -0.3 is 5.32 Å². The van der Waals surface area contributed by atoms with Gasteiger partial charge in [-0.1, -0.05) is 24.3 Å². The summed E-state index contributed by atoms with van der Waals surface area (Å²) in [6.07, 6.45) is 5.61. The van der Waals surface area contributed by atoms with Gasteiger partial charge in [-0.15, -0.1) is 0 Å². The highest BCUT2D eigenvalue weighted by atomic mass is 15.0. The Labute approximate surface area is 101 Å². The minimum absolute atomic E-state index is 0.447. The van der Waals surface area contributed by atoms with Gasteiger partial charge in [0, 0.05) is 18.4 Å². The third-order valence-electron chi connectivity index (χ3n) is 3.27. The molecule has 17 heavy (non-hydrogen) atoms. The number of nitrogens with one attached hydrogen (secondary N) is 1. The minimum Gasteiger partial charge on any atom is -0.365 e. The number of aryl methyl sites for hydroxylation is 1. The van der Waals surface area contributed by atoms with Crippen LogP contribution < -0.4 is 5.32 Å². The van der Waals surface area contributed by atoms with Crippen molar-refractivity contribution in [3.05, 3.63) is 53.5 Å². The number of benzene rings is 1. The normalized spacial score (nSPS) is 14.6. The Hall–Kier alpha value is -1.90. The second-order valence-corrected chi connectivity index (χ2v) is 4.51. The lowest BCUT2D eigenvalue weighted by Crippen LogP contribution is -2.21. The summed E-state index contributed by atoms with van der Waals surface area (Å²) in [7, 11) is 0. The van der Waals surface area contributed by atoms with E-state index in [9.17, 15) is 0 Å². The average molecular weight is 225 g/mol. The summed E-state index contributed by atoms with van der Waals surface area (Å²) in [4.78, 5) is 8.58. The third kappa shape index (κ3) is 2.00. The summed E-state index contributed by atoms with van der Waals surface area (Å²) >= 11 is 0. The van der Waals surface area contributed by atoms with Crippen LogP contribution >= 0.6 is 0 Å². The van der Waals surface area contributed by atoms with Crippen molar-refractivity contribution < 1.29 is 0 Å². The zero-order chi connectivity index (χ0) is 11.7. The molecule has 3 nitrogen and oxygen atoms in total. The maximum absolute atomic E-state index is 4.33. The van der Waals surface area contributed by atoms with E-state index in [4.69, 9.17) is 0 Å². The van der Waals surface area contributed by atoms with Crippen LogP contribution in [-0.4, -0.2) is 16.0 Å². The molecule has 0 radical (unpaired) electrons. The van der Waals surface area contributed by atoms with Crippen molar-refractivity contribution in [1.29, 1.82) is 0 Å². The molecule has 2 aromatic rings. The molecule has 0 aliphatic heterocycles. The fraction of sp³-hybridized carbons (Fsp3) is 0.286. The van der Waals surface area contributed by atoms with Crippen molar-refractivity contribution >= 4 is 5.82 Å². The second-order valence-electron chi connectivity index (χ2n) is 4.51. The van der Waals surface area contributed by atoms with E-state index >= 15 is 0 Å². The summed E-state index contributed by atoms with van der Waals surface area (Å²) in [6.45, 7) is 1.98. The Kier molecular flexibility index (Phi) is 2.52. The molecular weight excluding hydrogens is 210 g/mol. The van der Waals surface area contributed by atoms with E-state index in [-0.39, 0.29) is 0 Å². The first-order valence-corrected chi connectivity index (χ1v) is 5.94. The number of hydrogen-bond donors (Lipinski definition) is 1. The van der Waals surface area contributed by atoms with Crippen LogP contribution in [0.2, 0.25) is 0 Å². The van der Waals surface area contributed by atoms with Crippen LogP contribution in [0, 0.1) is 6.92 Å². The van der Waals surface area contributed by atoms with Gasteiger partial charge in [0.05, 0.1) is 5.69 Å². The number of nitrogens with zero attached hydrogens (tertiary/aromatic N) is 2. The molecule has 0 saturated heterocycles. The molecule has 0 bridgehead atoms. The van der Waals surface area contributed by atoms with Gasteiger partial charge in [0.2, 0.25) is 0 Å². The zero-order valence-corrected chi connectivity index (χ0v) is 9.85. The van der Waals surface area contributed by atoms with Crippen molar-refractivity contribution in [2.75, 3.05) is 5.32 Å². The Balaban J connectivity index is 1.76. The summed E-state index contributed by atoms with van der Waals surface area (Å²) < 4.78 is 0. The fourth-order valence-electron chi connectivity index (χ4n) is 2.40. The second kappa shape index (κ2) is 4.17. The topological polar surface area (TPSA) is 37.8 Å². The Morgan fingerprint density at radius 2 is 1.71 bits per heavy atom. The van der Waals surface area contributed by atoms with Crippen molar-refractivity contribution in [2.24, 2.45) is 0 Å². The number of rotatable bonds is 2. The predicted molar refractivity (Wildman–Crippen MR) is 68.0 cm³/mol. The highest BCUT2D eigenvalue weighted by molar-refractivity contribution is 5.43. The summed E-state index contributed by atoms with van der Waals surface area (Å²) in [5.74, 6) is 0.908. The summed E-state index contributed by atoms with van der Waals surface area (Å²) in [5.41, 5.74) is 3.86. The molecule has 0 spiro atoms. The number of hydrogen-bond acceptors (Lipinski definition) is 3. The molecule has 3 heteroatoms. The van der Waals surface area contributed by atoms with Crippen LogP contribution in [0.15, 0.2) is 36.7 Å². The molecular formula is C14H15N3. The van der Waals surface area contributed by atoms with Crippen molar-refractivity contribution in [1.82, 2.24) is 9.97 Å². The molecule has 1 N–H and O–H groups in total. The molecule has 0 fully saturated rings. The largest absolute Gasteiger partial charge is 0.365 e. The first-order valence-electron chi connectivity index (χ1n) is 5.94. The van der Waals surface area contributed by atoms with Gasteiger partial charge in [0.15, 0.2) is 0 Å². The van der Waals surface area contributed by atoms with Gasteiger partial charge >= 0.3 is 0 Å². The molecule has 0 unspecified atom stereocenters. The minimum atomic E-state index is 0.447. The van der Waals surface area contributed by atoms with Crippen molar-refractivity contribution in [3.8, 4) is 0 Å². The van der Waals surface area contributed by atoms with E-state index < -0.39 is 0 Å². The van der Waals surface area contributed by atoms with Crippen LogP contribution in [0.4, 0.5) is 5.82 Å². The summed E-state index contributed by atoms with van der Waals surface area (Å²) in [6, 6.07) is 9.08. The maximum atomic E-state index is 4.33. The van der Waals surface area contributed by atoms with E-state index in [0.29, 0.717) is 6.04 Å². The van der Waals surface area contributed by atoms with Gasteiger partial charge in [0.25, 0.3) is 0 Å². The first kappa shape index (κ1) is 10.3. The Morgan fingerprint density at radius 3 is 2.35 bits per heavy atom. The monoisotopic (exact) mass is 225 g/mol. The van der Waals surface area contributed by atoms with Crippen LogP contribution in [0.25, 0.3) is 0 Å². The lowest BCUT2D eigenvalue weighted by Gasteiger charge is -2.13. The van der Waals surface area contributed by atoms with Crippen LogP contribution in [0.5, 0.6) is 0 Å². The highest BCUT2D eigenvalue weighted by Crippen LogP contribution is 2.24. The van der Waals surface area contributed by atoms with Gasteiger partial charge in [-0.25, -0.2) is 4.98 Å². The molecule has 0 atom stereocenters. The van der Waals surface area contributed by atoms with E-state index in [0.717, 1.165) is 24.4 Å². The lowest BCUT2D eigenvalue weighted by atomic mass is 10.1. The van der Waals surface area contributed by atoms with Crippen LogP contribution in [-0.2, 0) is 12.8 Å². The van der Waals surface area contributed by atoms with Gasteiger partial charge in [-0.2, -0.15) is 0 Å². The van der Waals surface area contributed by atoms with Crippen LogP contribution in [0.3, 0.4) is 0 Å². The van der Waals surface area contributed by atoms with Crippen molar-refractivity contribution in [3.63, 3.8) is 0 Å². The SMILES string of the molecule is Cc1nccnc1NC1Cc2ccccc2C1. The molecule has 1 aromatic carbocycles. The average Bonchev–Trinajstić information content (AvgIpc) is 2.74. The molecule has 1 aliphatic rings. The smallest absolute Gasteiger partial charge is 0.147 e. The quantitative estimate of drug-likeness (QED) is 0.852. The standard InChI is InChI=1S/C14H15N3/c1-10-14(16-7-6-15-10)17-13-8-11-4-2-3-5-12(11)9-13/h2-7,13H,8-9H2,1H3,(H,16,17). The molecule has 0 saturated carbocycles. The predicted octanol–water partition coefficient (Wildman–Crippen LogP) is 2.36. The Bertz CT molecular complexity index is 511. The van der Waals surface area contributed by atoms with E-state index in [2.05, 4.69) is 39.6 Å². The van der Waals surface area contributed by atoms with E-state index in [1.54, 1.807) is 12.4 Å². The maximum Gasteiger partial charge on any atom is 0.147 e. The third-order valence-corrected chi connectivity index (χ3v) is 3.27. The van der Waals surface area contributed by atoms with Gasteiger partial charge in [0.1, 0.15) is 5.82 Å². The number of anilines is 1. The zero-order valence-electron chi connectivity index (χ0n) is 9.85. The molecule has 1 heterocycles. The number of aromatic nitrogens is 2. The van der Waals surface area contributed by atoms with Crippen LogP contribution in [0.1, 0.15) is 16.8 Å². The fourth-order valence-corrected chi connectivity index (χ4v) is 2.40. The van der Waals surface area contributed by atoms with Gasteiger partial charge in [-0.3, -0.25) is 4.98 Å². The molecule has 1 aromatic heterocycles.